The van der Waals surface area contributed by atoms with E-state index >= 15 is 0 Å². The molecule has 2 aromatic carbocycles. The highest BCUT2D eigenvalue weighted by atomic mass is 16.6. The average molecular weight is 320 g/mol. The largest absolute Gasteiger partial charge is 0.494 e. The van der Waals surface area contributed by atoms with Crippen LogP contribution in [0.1, 0.15) is 30.5 Å². The van der Waals surface area contributed by atoms with Crippen molar-refractivity contribution in [3.63, 3.8) is 0 Å². The van der Waals surface area contributed by atoms with E-state index in [4.69, 9.17) is 9.31 Å². The second-order valence-electron chi connectivity index (χ2n) is 7.64. The van der Waals surface area contributed by atoms with Crippen LogP contribution in [0.3, 0.4) is 0 Å². The number of aryl methyl sites for hydroxylation is 1. The Labute approximate surface area is 145 Å². The lowest BCUT2D eigenvalue weighted by molar-refractivity contribution is 0.0957. The first-order valence-electron chi connectivity index (χ1n) is 9.06. The van der Waals surface area contributed by atoms with E-state index < -0.39 is 0 Å². The van der Waals surface area contributed by atoms with Crippen molar-refractivity contribution >= 4 is 12.6 Å². The maximum atomic E-state index is 5.98. The van der Waals surface area contributed by atoms with Gasteiger partial charge in [0.15, 0.2) is 0 Å². The van der Waals surface area contributed by atoms with E-state index in [9.17, 15) is 0 Å². The Bertz CT molecular complexity index is 730. The molecule has 1 atom stereocenters. The molecule has 0 bridgehead atoms. The summed E-state index contributed by atoms with van der Waals surface area (Å²) in [6.07, 6.45) is 2.28. The fourth-order valence-corrected chi connectivity index (χ4v) is 3.96. The highest BCUT2D eigenvalue weighted by Crippen LogP contribution is 2.34. The average Bonchev–Trinajstić information content (AvgIpc) is 2.97. The van der Waals surface area contributed by atoms with Gasteiger partial charge >= 0.3 is 7.12 Å². The van der Waals surface area contributed by atoms with Crippen molar-refractivity contribution in [1.82, 2.24) is 0 Å². The van der Waals surface area contributed by atoms with Gasteiger partial charge in [0.1, 0.15) is 0 Å². The molecule has 4 rings (SSSR count). The molecule has 0 saturated carbocycles. The van der Waals surface area contributed by atoms with E-state index in [1.807, 2.05) is 0 Å². The third kappa shape index (κ3) is 2.91. The van der Waals surface area contributed by atoms with Gasteiger partial charge in [-0.05, 0) is 59.3 Å². The number of hydrogen-bond donors (Lipinski definition) is 0. The van der Waals surface area contributed by atoms with E-state index in [1.54, 1.807) is 0 Å². The number of hydrogen-bond acceptors (Lipinski definition) is 2. The van der Waals surface area contributed by atoms with E-state index in [2.05, 4.69) is 57.2 Å². The van der Waals surface area contributed by atoms with Gasteiger partial charge in [-0.1, -0.05) is 55.8 Å². The van der Waals surface area contributed by atoms with Crippen molar-refractivity contribution in [2.24, 2.45) is 11.8 Å². The van der Waals surface area contributed by atoms with Crippen molar-refractivity contribution in [2.75, 3.05) is 13.2 Å². The molecule has 2 aromatic rings. The first-order chi connectivity index (χ1) is 11.6. The molecule has 2 nitrogen and oxygen atoms in total. The first-order valence-corrected chi connectivity index (χ1v) is 9.06. The van der Waals surface area contributed by atoms with E-state index in [-0.39, 0.29) is 7.12 Å². The van der Waals surface area contributed by atoms with Crippen molar-refractivity contribution < 1.29 is 9.31 Å². The summed E-state index contributed by atoms with van der Waals surface area (Å²) in [7, 11) is -0.188. The normalized spacial score (nSPS) is 21.1. The first kappa shape index (κ1) is 15.9. The van der Waals surface area contributed by atoms with Crippen LogP contribution in [0.4, 0.5) is 0 Å². The van der Waals surface area contributed by atoms with Crippen molar-refractivity contribution in [3.05, 3.63) is 53.1 Å². The predicted molar refractivity (Wildman–Crippen MR) is 99.6 cm³/mol. The molecule has 0 aromatic heterocycles. The molecule has 0 amide bonds. The van der Waals surface area contributed by atoms with E-state index in [1.165, 1.54) is 33.3 Å². The molecular weight excluding hydrogens is 295 g/mol. The maximum Gasteiger partial charge on any atom is 0.494 e. The zero-order valence-electron chi connectivity index (χ0n) is 14.8. The van der Waals surface area contributed by atoms with Gasteiger partial charge in [0, 0.05) is 13.2 Å². The Morgan fingerprint density at radius 1 is 0.833 bits per heavy atom. The van der Waals surface area contributed by atoms with Gasteiger partial charge in [-0.15, -0.1) is 0 Å². The Kier molecular flexibility index (Phi) is 4.23. The molecule has 1 aliphatic heterocycles. The molecule has 1 unspecified atom stereocenters. The van der Waals surface area contributed by atoms with Crippen LogP contribution in [0.25, 0.3) is 11.1 Å². The Morgan fingerprint density at radius 2 is 1.50 bits per heavy atom. The summed E-state index contributed by atoms with van der Waals surface area (Å²) in [4.78, 5) is 0. The van der Waals surface area contributed by atoms with Gasteiger partial charge in [0.2, 0.25) is 0 Å². The minimum absolute atomic E-state index is 0.188. The molecule has 1 aliphatic carbocycles. The Balaban J connectivity index is 1.74. The van der Waals surface area contributed by atoms with Crippen LogP contribution in [-0.4, -0.2) is 20.3 Å². The fourth-order valence-electron chi connectivity index (χ4n) is 3.96. The summed E-state index contributed by atoms with van der Waals surface area (Å²) in [5.74, 6) is 1.17. The summed E-state index contributed by atoms with van der Waals surface area (Å²) in [6.45, 7) is 8.22. The van der Waals surface area contributed by atoms with Crippen LogP contribution >= 0.6 is 0 Å². The third-order valence-electron chi connectivity index (χ3n) is 5.25. The van der Waals surface area contributed by atoms with Gasteiger partial charge in [-0.3, -0.25) is 0 Å². The monoisotopic (exact) mass is 320 g/mol. The molecule has 24 heavy (non-hydrogen) atoms. The summed E-state index contributed by atoms with van der Waals surface area (Å²) in [5.41, 5.74) is 8.20. The summed E-state index contributed by atoms with van der Waals surface area (Å²) in [5, 5.41) is 0. The number of rotatable bonds is 2. The lowest BCUT2D eigenvalue weighted by Crippen LogP contribution is -2.45. The lowest BCUT2D eigenvalue weighted by Gasteiger charge is -2.26. The summed E-state index contributed by atoms with van der Waals surface area (Å²) < 4.78 is 12.0. The fraction of sp³-hybridized carbons (Fsp3) is 0.429. The van der Waals surface area contributed by atoms with Crippen LogP contribution in [0.15, 0.2) is 36.4 Å². The zero-order valence-corrected chi connectivity index (χ0v) is 14.8. The molecule has 1 fully saturated rings. The molecule has 0 spiro atoms. The second-order valence-corrected chi connectivity index (χ2v) is 7.64. The van der Waals surface area contributed by atoms with Crippen LogP contribution < -0.4 is 5.46 Å². The van der Waals surface area contributed by atoms with Crippen LogP contribution in [-0.2, 0) is 22.2 Å². The van der Waals surface area contributed by atoms with Crippen LogP contribution in [0, 0.1) is 18.8 Å². The molecule has 1 heterocycles. The standard InChI is InChI=1S/C21H25BO2/c1-14-4-6-17(7-5-14)18-8-9-21(20-11-15(2)10-19(18)20)22-23-12-16(3)13-24-22/h4-9,15-16H,10-13H2,1-3H3. The minimum Gasteiger partial charge on any atom is -0.407 e. The molecule has 0 radical (unpaired) electrons. The molecule has 0 N–H and O–H groups in total. The smallest absolute Gasteiger partial charge is 0.407 e. The maximum absolute atomic E-state index is 5.98. The van der Waals surface area contributed by atoms with Crippen molar-refractivity contribution in [3.8, 4) is 11.1 Å². The number of benzene rings is 2. The van der Waals surface area contributed by atoms with Crippen LogP contribution in [0.5, 0.6) is 0 Å². The SMILES string of the molecule is Cc1ccc(-c2ccc(B3OCC(C)CO3)c3c2CC(C)C3)cc1. The summed E-state index contributed by atoms with van der Waals surface area (Å²) >= 11 is 0. The highest BCUT2D eigenvalue weighted by molar-refractivity contribution is 6.62. The van der Waals surface area contributed by atoms with Crippen LogP contribution in [0.2, 0.25) is 0 Å². The molecule has 1 saturated heterocycles. The Hall–Kier alpha value is -1.58. The highest BCUT2D eigenvalue weighted by Gasteiger charge is 2.33. The predicted octanol–water partition coefficient (Wildman–Crippen LogP) is 3.77. The molecule has 2 aliphatic rings. The van der Waals surface area contributed by atoms with Gasteiger partial charge in [0.05, 0.1) is 0 Å². The van der Waals surface area contributed by atoms with Crippen molar-refractivity contribution in [2.45, 2.75) is 33.6 Å². The quantitative estimate of drug-likeness (QED) is 0.784. The molecular formula is C21H25BO2. The molecule has 3 heteroatoms. The summed E-state index contributed by atoms with van der Waals surface area (Å²) in [6, 6.07) is 13.4. The zero-order chi connectivity index (χ0) is 16.7. The minimum atomic E-state index is -0.188. The van der Waals surface area contributed by atoms with E-state index in [0.717, 1.165) is 26.1 Å². The van der Waals surface area contributed by atoms with Gasteiger partial charge in [-0.25, -0.2) is 0 Å². The lowest BCUT2D eigenvalue weighted by atomic mass is 9.72. The third-order valence-corrected chi connectivity index (χ3v) is 5.25. The van der Waals surface area contributed by atoms with Crippen molar-refractivity contribution in [1.29, 1.82) is 0 Å². The van der Waals surface area contributed by atoms with Gasteiger partial charge in [-0.2, -0.15) is 0 Å². The van der Waals surface area contributed by atoms with E-state index in [0.29, 0.717) is 11.8 Å². The number of fused-ring (bicyclic) bond motifs is 1. The van der Waals surface area contributed by atoms with Gasteiger partial charge in [0.25, 0.3) is 0 Å². The topological polar surface area (TPSA) is 18.5 Å². The second kappa shape index (κ2) is 6.38. The molecule has 124 valence electrons. The van der Waals surface area contributed by atoms with Gasteiger partial charge < -0.3 is 9.31 Å². The Morgan fingerprint density at radius 3 is 2.21 bits per heavy atom.